The molecular weight excluding hydrogens is 356 g/mol. The Kier molecular flexibility index (Phi) is 4.92. The number of nitrogens with zero attached hydrogens (tertiary/aromatic N) is 1. The zero-order valence-corrected chi connectivity index (χ0v) is 14.4. The Morgan fingerprint density at radius 2 is 2.00 bits per heavy atom. The lowest BCUT2D eigenvalue weighted by Gasteiger charge is -2.13. The summed E-state index contributed by atoms with van der Waals surface area (Å²) in [5, 5.41) is 12.4. The molecule has 7 heteroatoms. The van der Waals surface area contributed by atoms with Crippen LogP contribution < -0.4 is 5.32 Å². The molecule has 0 aliphatic heterocycles. The van der Waals surface area contributed by atoms with Crippen LogP contribution in [-0.2, 0) is 9.53 Å². The summed E-state index contributed by atoms with van der Waals surface area (Å²) in [5.74, 6) is -1.25. The molecular formula is C19H13ClN2O4. The maximum absolute atomic E-state index is 12.2. The Balaban J connectivity index is 1.66. The van der Waals surface area contributed by atoms with Gasteiger partial charge in [0.15, 0.2) is 6.10 Å². The average molecular weight is 369 g/mol. The monoisotopic (exact) mass is 368 g/mol. The van der Waals surface area contributed by atoms with Gasteiger partial charge in [0, 0.05) is 11.1 Å². The van der Waals surface area contributed by atoms with E-state index in [-0.39, 0.29) is 10.8 Å². The van der Waals surface area contributed by atoms with Crippen molar-refractivity contribution in [3.63, 3.8) is 0 Å². The standard InChI is InChI=1S/C19H13ClN2O4/c1-11(18(23)22-14-7-6-13(10-21)15(20)9-14)25-19(24)17-8-12-4-2-3-5-16(12)26-17/h2-9,11H,1H3,(H,22,23)/t11-/m1/s1. The number of hydrogen-bond acceptors (Lipinski definition) is 5. The fourth-order valence-corrected chi connectivity index (χ4v) is 2.50. The summed E-state index contributed by atoms with van der Waals surface area (Å²) in [5.41, 5.74) is 1.25. The Hall–Kier alpha value is -3.30. The summed E-state index contributed by atoms with van der Waals surface area (Å²) in [4.78, 5) is 24.4. The number of rotatable bonds is 4. The number of furan rings is 1. The van der Waals surface area contributed by atoms with E-state index in [1.54, 1.807) is 24.3 Å². The number of fused-ring (bicyclic) bond motifs is 1. The Morgan fingerprint density at radius 1 is 1.23 bits per heavy atom. The molecule has 0 saturated heterocycles. The highest BCUT2D eigenvalue weighted by molar-refractivity contribution is 6.32. The topological polar surface area (TPSA) is 92.3 Å². The van der Waals surface area contributed by atoms with Gasteiger partial charge in [-0.3, -0.25) is 4.79 Å². The van der Waals surface area contributed by atoms with Gasteiger partial charge in [-0.2, -0.15) is 5.26 Å². The van der Waals surface area contributed by atoms with Gasteiger partial charge in [-0.05, 0) is 37.3 Å². The van der Waals surface area contributed by atoms with Gasteiger partial charge in [-0.25, -0.2) is 4.79 Å². The van der Waals surface area contributed by atoms with Gasteiger partial charge in [-0.15, -0.1) is 0 Å². The molecule has 0 unspecified atom stereocenters. The first-order chi connectivity index (χ1) is 12.5. The number of nitrogens with one attached hydrogen (secondary N) is 1. The van der Waals surface area contributed by atoms with E-state index < -0.39 is 18.0 Å². The second-order valence-corrected chi connectivity index (χ2v) is 5.90. The van der Waals surface area contributed by atoms with Crippen LogP contribution >= 0.6 is 11.6 Å². The van der Waals surface area contributed by atoms with Gasteiger partial charge in [0.2, 0.25) is 5.76 Å². The number of anilines is 1. The predicted molar refractivity (Wildman–Crippen MR) is 95.9 cm³/mol. The van der Waals surface area contributed by atoms with E-state index in [2.05, 4.69) is 5.32 Å². The number of nitriles is 1. The first-order valence-corrected chi connectivity index (χ1v) is 8.06. The lowest BCUT2D eigenvalue weighted by Crippen LogP contribution is -2.29. The molecule has 1 N–H and O–H groups in total. The molecule has 0 fully saturated rings. The number of carbonyl (C=O) groups excluding carboxylic acids is 2. The fraction of sp³-hybridized carbons (Fsp3) is 0.105. The van der Waals surface area contributed by atoms with Crippen LogP contribution in [0.2, 0.25) is 5.02 Å². The lowest BCUT2D eigenvalue weighted by molar-refractivity contribution is -0.123. The van der Waals surface area contributed by atoms with E-state index in [0.717, 1.165) is 5.39 Å². The molecule has 2 aromatic carbocycles. The van der Waals surface area contributed by atoms with E-state index in [9.17, 15) is 9.59 Å². The molecule has 1 aromatic heterocycles. The molecule has 0 spiro atoms. The number of carbonyl (C=O) groups is 2. The molecule has 1 heterocycles. The average Bonchev–Trinajstić information content (AvgIpc) is 3.06. The van der Waals surface area contributed by atoms with E-state index in [1.165, 1.54) is 25.1 Å². The second kappa shape index (κ2) is 7.30. The molecule has 1 atom stereocenters. The summed E-state index contributed by atoms with van der Waals surface area (Å²) in [6, 6.07) is 15.1. The molecule has 130 valence electrons. The molecule has 3 rings (SSSR count). The minimum absolute atomic E-state index is 0.0206. The Labute approximate surface area is 153 Å². The molecule has 1 amide bonds. The van der Waals surface area contributed by atoms with E-state index in [4.69, 9.17) is 26.0 Å². The third-order valence-electron chi connectivity index (χ3n) is 3.64. The summed E-state index contributed by atoms with van der Waals surface area (Å²) in [7, 11) is 0. The molecule has 0 saturated carbocycles. The second-order valence-electron chi connectivity index (χ2n) is 5.49. The minimum Gasteiger partial charge on any atom is -0.449 e. The van der Waals surface area contributed by atoms with Crippen molar-refractivity contribution in [2.45, 2.75) is 13.0 Å². The smallest absolute Gasteiger partial charge is 0.375 e. The quantitative estimate of drug-likeness (QED) is 0.698. The maximum atomic E-state index is 12.2. The van der Waals surface area contributed by atoms with Crippen LogP contribution in [0, 0.1) is 11.3 Å². The summed E-state index contributed by atoms with van der Waals surface area (Å²) >= 11 is 5.92. The van der Waals surface area contributed by atoms with Crippen molar-refractivity contribution in [2.24, 2.45) is 0 Å². The zero-order chi connectivity index (χ0) is 18.7. The molecule has 26 heavy (non-hydrogen) atoms. The van der Waals surface area contributed by atoms with Crippen molar-refractivity contribution in [1.29, 1.82) is 5.26 Å². The third-order valence-corrected chi connectivity index (χ3v) is 3.95. The van der Waals surface area contributed by atoms with Crippen molar-refractivity contribution >= 4 is 40.1 Å². The lowest BCUT2D eigenvalue weighted by atomic mass is 10.2. The predicted octanol–water partition coefficient (Wildman–Crippen LogP) is 4.14. The van der Waals surface area contributed by atoms with Crippen molar-refractivity contribution in [3.8, 4) is 6.07 Å². The summed E-state index contributed by atoms with van der Waals surface area (Å²) in [6.45, 7) is 1.45. The molecule has 0 aliphatic rings. The number of hydrogen-bond donors (Lipinski definition) is 1. The van der Waals surface area contributed by atoms with Gasteiger partial charge in [-0.1, -0.05) is 29.8 Å². The Bertz CT molecular complexity index is 1000. The largest absolute Gasteiger partial charge is 0.449 e. The highest BCUT2D eigenvalue weighted by Crippen LogP contribution is 2.21. The van der Waals surface area contributed by atoms with Crippen molar-refractivity contribution < 1.29 is 18.7 Å². The number of benzene rings is 2. The van der Waals surface area contributed by atoms with Gasteiger partial charge in [0.1, 0.15) is 11.7 Å². The molecule has 0 bridgehead atoms. The first-order valence-electron chi connectivity index (χ1n) is 7.68. The van der Waals surface area contributed by atoms with Crippen molar-refractivity contribution in [3.05, 3.63) is 64.9 Å². The Morgan fingerprint density at radius 3 is 2.69 bits per heavy atom. The number of amides is 1. The van der Waals surface area contributed by atoms with Crippen LogP contribution in [0.3, 0.4) is 0 Å². The van der Waals surface area contributed by atoms with Gasteiger partial charge in [0.05, 0.1) is 10.6 Å². The number of esters is 1. The highest BCUT2D eigenvalue weighted by atomic mass is 35.5. The van der Waals surface area contributed by atoms with Gasteiger partial charge >= 0.3 is 5.97 Å². The van der Waals surface area contributed by atoms with Crippen LogP contribution in [-0.4, -0.2) is 18.0 Å². The van der Waals surface area contributed by atoms with Crippen molar-refractivity contribution in [1.82, 2.24) is 0 Å². The molecule has 3 aromatic rings. The number of ether oxygens (including phenoxy) is 1. The molecule has 0 radical (unpaired) electrons. The van der Waals surface area contributed by atoms with E-state index in [1.807, 2.05) is 12.1 Å². The van der Waals surface area contributed by atoms with Crippen molar-refractivity contribution in [2.75, 3.05) is 5.32 Å². The van der Waals surface area contributed by atoms with Crippen LogP contribution in [0.25, 0.3) is 11.0 Å². The summed E-state index contributed by atoms with van der Waals surface area (Å²) < 4.78 is 10.6. The third kappa shape index (κ3) is 3.68. The SMILES string of the molecule is C[C@@H](OC(=O)c1cc2ccccc2o1)C(=O)Nc1ccc(C#N)c(Cl)c1. The highest BCUT2D eigenvalue weighted by Gasteiger charge is 2.21. The zero-order valence-electron chi connectivity index (χ0n) is 13.7. The number of para-hydroxylation sites is 1. The van der Waals surface area contributed by atoms with Crippen LogP contribution in [0.5, 0.6) is 0 Å². The fourth-order valence-electron chi connectivity index (χ4n) is 2.28. The molecule has 0 aliphatic carbocycles. The molecule has 6 nitrogen and oxygen atoms in total. The van der Waals surface area contributed by atoms with E-state index >= 15 is 0 Å². The summed E-state index contributed by atoms with van der Waals surface area (Å²) in [6.07, 6.45) is -1.05. The van der Waals surface area contributed by atoms with Gasteiger partial charge in [0.25, 0.3) is 5.91 Å². The minimum atomic E-state index is -1.05. The number of halogens is 1. The normalized spacial score (nSPS) is 11.6. The van der Waals surface area contributed by atoms with Crippen LogP contribution in [0.15, 0.2) is 52.9 Å². The van der Waals surface area contributed by atoms with Crippen LogP contribution in [0.4, 0.5) is 5.69 Å². The van der Waals surface area contributed by atoms with Crippen LogP contribution in [0.1, 0.15) is 23.0 Å². The maximum Gasteiger partial charge on any atom is 0.375 e. The van der Waals surface area contributed by atoms with E-state index in [0.29, 0.717) is 16.8 Å². The van der Waals surface area contributed by atoms with Gasteiger partial charge < -0.3 is 14.5 Å². The first kappa shape index (κ1) is 17.5.